The van der Waals surface area contributed by atoms with Crippen LogP contribution in [0.4, 0.5) is 11.4 Å². The van der Waals surface area contributed by atoms with Crippen molar-refractivity contribution < 1.29 is 27.0 Å². The van der Waals surface area contributed by atoms with Gasteiger partial charge in [0.2, 0.25) is 5.88 Å². The molecule has 182 valence electrons. The van der Waals surface area contributed by atoms with Crippen LogP contribution in [0.15, 0.2) is 42.7 Å². The fourth-order valence-electron chi connectivity index (χ4n) is 4.14. The Bertz CT molecular complexity index is 1400. The van der Waals surface area contributed by atoms with Crippen LogP contribution in [-0.2, 0) is 27.4 Å². The van der Waals surface area contributed by atoms with Gasteiger partial charge >= 0.3 is 0 Å². The van der Waals surface area contributed by atoms with Crippen molar-refractivity contribution in [3.8, 4) is 22.8 Å². The Balaban J connectivity index is 1.66. The largest absolute Gasteiger partial charge is 0.486 e. The molecule has 1 aromatic carbocycles. The molecule has 2 aliphatic heterocycles. The first-order valence-electron chi connectivity index (χ1n) is 10.9. The lowest BCUT2D eigenvalue weighted by atomic mass is 9.97. The lowest BCUT2D eigenvalue weighted by Crippen LogP contribution is -2.26. The highest BCUT2D eigenvalue weighted by Gasteiger charge is 2.33. The van der Waals surface area contributed by atoms with Crippen LogP contribution in [0.5, 0.6) is 11.6 Å². The molecule has 11 nitrogen and oxygen atoms in total. The molecular weight excluding hydrogens is 474 g/mol. The van der Waals surface area contributed by atoms with E-state index < -0.39 is 16.0 Å². The van der Waals surface area contributed by atoms with Gasteiger partial charge in [-0.05, 0) is 37.1 Å². The third-order valence-electron chi connectivity index (χ3n) is 5.55. The average molecular weight is 498 g/mol. The number of nitrogens with zero attached hydrogens (tertiary/aromatic N) is 3. The highest BCUT2D eigenvalue weighted by Crippen LogP contribution is 2.47. The third kappa shape index (κ3) is 4.70. The number of rotatable bonds is 7. The molecule has 35 heavy (non-hydrogen) atoms. The molecular formula is C23H23N5O6S. The van der Waals surface area contributed by atoms with E-state index in [1.165, 1.54) is 5.06 Å². The SMILES string of the molecule is CS(=O)(=O)ON1CNc2c(C(N)=O)c(OCc3ccccn3)cc(-c3cnc4c(c3)CCCO4)c21. The van der Waals surface area contributed by atoms with Crippen LogP contribution in [-0.4, -0.2) is 43.8 Å². The second kappa shape index (κ2) is 9.04. The van der Waals surface area contributed by atoms with Gasteiger partial charge in [-0.25, -0.2) is 10.0 Å². The summed E-state index contributed by atoms with van der Waals surface area (Å²) < 4.78 is 40.7. The van der Waals surface area contributed by atoms with Gasteiger partial charge in [0.25, 0.3) is 16.0 Å². The summed E-state index contributed by atoms with van der Waals surface area (Å²) in [5.74, 6) is 0.0495. The maximum Gasteiger partial charge on any atom is 0.285 e. The van der Waals surface area contributed by atoms with Crippen molar-refractivity contribution in [2.75, 3.05) is 29.9 Å². The first-order chi connectivity index (χ1) is 16.8. The van der Waals surface area contributed by atoms with Crippen molar-refractivity contribution in [1.82, 2.24) is 9.97 Å². The second-order valence-corrected chi connectivity index (χ2v) is 9.68. The number of nitrogens with one attached hydrogen (secondary N) is 1. The summed E-state index contributed by atoms with van der Waals surface area (Å²) in [6.07, 6.45) is 5.87. The zero-order valence-corrected chi connectivity index (χ0v) is 19.7. The number of pyridine rings is 2. The van der Waals surface area contributed by atoms with E-state index in [1.807, 2.05) is 12.1 Å². The number of ether oxygens (including phenoxy) is 2. The molecule has 2 aliphatic rings. The highest BCUT2D eigenvalue weighted by molar-refractivity contribution is 7.86. The Morgan fingerprint density at radius 1 is 1.29 bits per heavy atom. The van der Waals surface area contributed by atoms with E-state index in [0.717, 1.165) is 24.7 Å². The number of benzene rings is 1. The Morgan fingerprint density at radius 3 is 2.89 bits per heavy atom. The summed E-state index contributed by atoms with van der Waals surface area (Å²) >= 11 is 0. The Morgan fingerprint density at radius 2 is 2.14 bits per heavy atom. The summed E-state index contributed by atoms with van der Waals surface area (Å²) in [5, 5.41) is 4.20. The van der Waals surface area contributed by atoms with Crippen molar-refractivity contribution in [1.29, 1.82) is 0 Å². The van der Waals surface area contributed by atoms with Crippen molar-refractivity contribution in [3.05, 3.63) is 59.5 Å². The lowest BCUT2D eigenvalue weighted by Gasteiger charge is -2.22. The lowest BCUT2D eigenvalue weighted by molar-refractivity contribution is 0.0996. The van der Waals surface area contributed by atoms with Crippen LogP contribution < -0.4 is 25.6 Å². The fourth-order valence-corrected chi connectivity index (χ4v) is 4.59. The number of hydroxylamine groups is 1. The molecule has 0 atom stereocenters. The van der Waals surface area contributed by atoms with Gasteiger partial charge in [-0.2, -0.15) is 8.42 Å². The monoisotopic (exact) mass is 497 g/mol. The summed E-state index contributed by atoms with van der Waals surface area (Å²) in [6, 6.07) is 8.99. The smallest absolute Gasteiger partial charge is 0.285 e. The molecule has 0 radical (unpaired) electrons. The zero-order chi connectivity index (χ0) is 24.6. The van der Waals surface area contributed by atoms with Gasteiger partial charge in [-0.15, -0.1) is 4.28 Å². The first kappa shape index (κ1) is 22.9. The molecule has 2 aromatic heterocycles. The number of hydrogen-bond acceptors (Lipinski definition) is 10. The van der Waals surface area contributed by atoms with Crippen LogP contribution in [0.25, 0.3) is 11.1 Å². The van der Waals surface area contributed by atoms with Crippen LogP contribution >= 0.6 is 0 Å². The van der Waals surface area contributed by atoms with Gasteiger partial charge in [-0.3, -0.25) is 9.78 Å². The molecule has 0 bridgehead atoms. The number of primary amides is 1. The van der Waals surface area contributed by atoms with Crippen LogP contribution in [0.1, 0.15) is 28.0 Å². The van der Waals surface area contributed by atoms with E-state index in [1.54, 1.807) is 30.6 Å². The predicted molar refractivity (Wildman–Crippen MR) is 127 cm³/mol. The Kier molecular flexibility index (Phi) is 5.91. The maximum absolute atomic E-state index is 12.5. The highest BCUT2D eigenvalue weighted by atomic mass is 32.2. The molecule has 0 saturated heterocycles. The average Bonchev–Trinajstić information content (AvgIpc) is 3.23. The third-order valence-corrected chi connectivity index (χ3v) is 6.00. The quantitative estimate of drug-likeness (QED) is 0.498. The van der Waals surface area contributed by atoms with Crippen LogP contribution in [0.2, 0.25) is 0 Å². The minimum absolute atomic E-state index is 0.0269. The molecule has 0 saturated carbocycles. The minimum Gasteiger partial charge on any atom is -0.486 e. The van der Waals surface area contributed by atoms with Gasteiger partial charge in [0, 0.05) is 29.1 Å². The summed E-state index contributed by atoms with van der Waals surface area (Å²) in [5.41, 5.74) is 9.27. The fraction of sp³-hybridized carbons (Fsp3) is 0.261. The van der Waals surface area contributed by atoms with E-state index in [4.69, 9.17) is 19.5 Å². The van der Waals surface area contributed by atoms with Gasteiger partial charge in [0.15, 0.2) is 0 Å². The van der Waals surface area contributed by atoms with E-state index in [2.05, 4.69) is 15.3 Å². The van der Waals surface area contributed by atoms with E-state index in [9.17, 15) is 13.2 Å². The van der Waals surface area contributed by atoms with Gasteiger partial charge in [-0.1, -0.05) is 6.07 Å². The standard InChI is InChI=1S/C23H23N5O6S/c1-35(30,31)34-28-13-27-20-19(22(24)29)18(33-12-16-6-2-3-7-25-16)10-17(21(20)28)15-9-14-5-4-8-32-23(14)26-11-15/h2-3,6-7,9-11,27H,4-5,8,12-13H2,1H3,(H2,24,29). The number of carbonyl (C=O) groups excluding carboxylic acids is 1. The summed E-state index contributed by atoms with van der Waals surface area (Å²) in [4.78, 5) is 21.2. The zero-order valence-electron chi connectivity index (χ0n) is 18.9. The number of nitrogens with two attached hydrogens (primary N) is 1. The van der Waals surface area contributed by atoms with E-state index in [0.29, 0.717) is 40.7 Å². The summed E-state index contributed by atoms with van der Waals surface area (Å²) in [7, 11) is -3.86. The predicted octanol–water partition coefficient (Wildman–Crippen LogP) is 2.23. The molecule has 0 aliphatic carbocycles. The van der Waals surface area contributed by atoms with Crippen LogP contribution in [0, 0.1) is 0 Å². The topological polar surface area (TPSA) is 146 Å². The van der Waals surface area contributed by atoms with Gasteiger partial charge in [0.1, 0.15) is 24.6 Å². The van der Waals surface area contributed by atoms with Crippen molar-refractivity contribution in [3.63, 3.8) is 0 Å². The van der Waals surface area contributed by atoms with E-state index >= 15 is 0 Å². The van der Waals surface area contributed by atoms with Crippen molar-refractivity contribution in [2.45, 2.75) is 19.4 Å². The van der Waals surface area contributed by atoms with Crippen LogP contribution in [0.3, 0.4) is 0 Å². The Hall–Kier alpha value is -3.90. The Labute approximate surface area is 201 Å². The number of aromatic nitrogens is 2. The molecule has 3 N–H and O–H groups in total. The van der Waals surface area contributed by atoms with Gasteiger partial charge < -0.3 is 20.5 Å². The molecule has 3 aromatic rings. The number of aryl methyl sites for hydroxylation is 1. The summed E-state index contributed by atoms with van der Waals surface area (Å²) in [6.45, 7) is 0.674. The van der Waals surface area contributed by atoms with E-state index in [-0.39, 0.29) is 24.6 Å². The number of carbonyl (C=O) groups is 1. The molecule has 5 rings (SSSR count). The van der Waals surface area contributed by atoms with Crippen molar-refractivity contribution >= 4 is 27.4 Å². The van der Waals surface area contributed by atoms with Crippen molar-refractivity contribution in [2.24, 2.45) is 5.73 Å². The molecule has 4 heterocycles. The molecule has 0 unspecified atom stereocenters. The normalized spacial score (nSPS) is 14.5. The number of fused-ring (bicyclic) bond motifs is 2. The number of hydrogen-bond donors (Lipinski definition) is 2. The first-order valence-corrected chi connectivity index (χ1v) is 12.7. The van der Waals surface area contributed by atoms with Gasteiger partial charge in [0.05, 0.1) is 29.9 Å². The molecule has 0 fully saturated rings. The second-order valence-electron chi connectivity index (χ2n) is 8.13. The molecule has 12 heteroatoms. The number of anilines is 2. The minimum atomic E-state index is -3.86. The molecule has 0 spiro atoms. The molecule has 1 amide bonds. The number of amides is 1. The maximum atomic E-state index is 12.5.